The molecular weight excluding hydrogens is 366 g/mol. The highest BCUT2D eigenvalue weighted by Gasteiger charge is 2.25. The summed E-state index contributed by atoms with van der Waals surface area (Å²) in [6, 6.07) is 6.45. The normalized spacial score (nSPS) is 17.1. The van der Waals surface area contributed by atoms with Gasteiger partial charge in [-0.3, -0.25) is 9.56 Å². The fourth-order valence-electron chi connectivity index (χ4n) is 3.61. The minimum atomic E-state index is 0.592. The summed E-state index contributed by atoms with van der Waals surface area (Å²) in [6.45, 7) is 4.95. The number of rotatable bonds is 2. The van der Waals surface area contributed by atoms with E-state index < -0.39 is 0 Å². The molecule has 0 spiro atoms. The SMILES string of the molecule is CCCc1nnc2n1-c1ccc(Br)cc1C(N1CCCCC1)=NC2. The van der Waals surface area contributed by atoms with E-state index in [0.717, 1.165) is 53.6 Å². The minimum Gasteiger partial charge on any atom is -0.356 e. The highest BCUT2D eigenvalue weighted by Crippen LogP contribution is 2.28. The molecule has 2 aliphatic rings. The average molecular weight is 388 g/mol. The van der Waals surface area contributed by atoms with Crippen molar-refractivity contribution >= 4 is 21.8 Å². The molecule has 2 aromatic rings. The van der Waals surface area contributed by atoms with Crippen molar-refractivity contribution in [2.75, 3.05) is 13.1 Å². The van der Waals surface area contributed by atoms with Crippen LogP contribution in [-0.4, -0.2) is 38.6 Å². The van der Waals surface area contributed by atoms with E-state index in [1.54, 1.807) is 0 Å². The number of halogens is 1. The van der Waals surface area contributed by atoms with E-state index in [0.29, 0.717) is 6.54 Å². The molecule has 4 rings (SSSR count). The van der Waals surface area contributed by atoms with Gasteiger partial charge in [0.15, 0.2) is 5.82 Å². The van der Waals surface area contributed by atoms with Crippen LogP contribution in [0.2, 0.25) is 0 Å². The van der Waals surface area contributed by atoms with E-state index in [4.69, 9.17) is 4.99 Å². The topological polar surface area (TPSA) is 46.3 Å². The maximum Gasteiger partial charge on any atom is 0.159 e. The second-order valence-corrected chi connectivity index (χ2v) is 7.38. The minimum absolute atomic E-state index is 0.592. The molecule has 6 heteroatoms. The molecule has 1 aromatic carbocycles. The lowest BCUT2D eigenvalue weighted by Crippen LogP contribution is -2.36. The summed E-state index contributed by atoms with van der Waals surface area (Å²) in [7, 11) is 0. The highest BCUT2D eigenvalue weighted by molar-refractivity contribution is 9.10. The van der Waals surface area contributed by atoms with E-state index >= 15 is 0 Å². The first-order valence-corrected chi connectivity index (χ1v) is 9.60. The molecule has 1 fully saturated rings. The number of aromatic nitrogens is 3. The summed E-state index contributed by atoms with van der Waals surface area (Å²) in [4.78, 5) is 7.38. The molecule has 0 bridgehead atoms. The smallest absolute Gasteiger partial charge is 0.159 e. The van der Waals surface area contributed by atoms with Crippen molar-refractivity contribution in [1.82, 2.24) is 19.7 Å². The van der Waals surface area contributed by atoms with Crippen molar-refractivity contribution in [3.63, 3.8) is 0 Å². The molecule has 0 aliphatic carbocycles. The molecule has 0 amide bonds. The van der Waals surface area contributed by atoms with Crippen molar-refractivity contribution < 1.29 is 0 Å². The van der Waals surface area contributed by atoms with Gasteiger partial charge in [0.2, 0.25) is 0 Å². The quantitative estimate of drug-likeness (QED) is 0.788. The number of aliphatic imine (C=N–C) groups is 1. The zero-order valence-corrected chi connectivity index (χ0v) is 15.6. The van der Waals surface area contributed by atoms with Gasteiger partial charge in [0.05, 0.1) is 5.69 Å². The first kappa shape index (κ1) is 15.8. The standard InChI is InChI=1S/C18H22BrN5/c1-2-6-16-21-22-17-12-20-18(23-9-4-3-5-10-23)14-11-13(19)7-8-15(14)24(16)17/h7-8,11H,2-6,9-10,12H2,1H3. The largest absolute Gasteiger partial charge is 0.356 e. The molecule has 5 nitrogen and oxygen atoms in total. The van der Waals surface area contributed by atoms with Crippen LogP contribution in [0, 0.1) is 0 Å². The fourth-order valence-corrected chi connectivity index (χ4v) is 3.97. The van der Waals surface area contributed by atoms with Crippen LogP contribution >= 0.6 is 15.9 Å². The number of fused-ring (bicyclic) bond motifs is 3. The summed E-state index contributed by atoms with van der Waals surface area (Å²) in [6.07, 6.45) is 5.80. The van der Waals surface area contributed by atoms with Crippen molar-refractivity contribution in [1.29, 1.82) is 0 Å². The Morgan fingerprint density at radius 3 is 2.75 bits per heavy atom. The molecule has 1 aromatic heterocycles. The van der Waals surface area contributed by atoms with Gasteiger partial charge in [0.25, 0.3) is 0 Å². The third-order valence-corrected chi connectivity index (χ3v) is 5.23. The highest BCUT2D eigenvalue weighted by atomic mass is 79.9. The molecule has 3 heterocycles. The predicted molar refractivity (Wildman–Crippen MR) is 98.7 cm³/mol. The maximum absolute atomic E-state index is 4.94. The summed E-state index contributed by atoms with van der Waals surface area (Å²) < 4.78 is 3.30. The van der Waals surface area contributed by atoms with Gasteiger partial charge in [-0.2, -0.15) is 0 Å². The average Bonchev–Trinajstić information content (AvgIpc) is 2.92. The number of amidine groups is 1. The lowest BCUT2D eigenvalue weighted by Gasteiger charge is -2.30. The molecule has 0 atom stereocenters. The predicted octanol–water partition coefficient (Wildman–Crippen LogP) is 3.73. The number of nitrogens with zero attached hydrogens (tertiary/aromatic N) is 5. The van der Waals surface area contributed by atoms with Crippen LogP contribution in [0.3, 0.4) is 0 Å². The third-order valence-electron chi connectivity index (χ3n) is 4.74. The van der Waals surface area contributed by atoms with Gasteiger partial charge in [-0.05, 0) is 43.9 Å². The van der Waals surface area contributed by atoms with Crippen molar-refractivity contribution in [3.8, 4) is 5.69 Å². The molecular formula is C18H22BrN5. The number of piperidine rings is 1. The van der Waals surface area contributed by atoms with Gasteiger partial charge in [-0.1, -0.05) is 22.9 Å². The van der Waals surface area contributed by atoms with Gasteiger partial charge < -0.3 is 4.90 Å². The molecule has 24 heavy (non-hydrogen) atoms. The van der Waals surface area contributed by atoms with Crippen LogP contribution in [0.25, 0.3) is 5.69 Å². The molecule has 1 saturated heterocycles. The van der Waals surface area contributed by atoms with Crippen LogP contribution in [0.5, 0.6) is 0 Å². The Kier molecular flexibility index (Phi) is 4.39. The van der Waals surface area contributed by atoms with Gasteiger partial charge in [-0.15, -0.1) is 10.2 Å². The van der Waals surface area contributed by atoms with Crippen molar-refractivity contribution in [2.24, 2.45) is 4.99 Å². The summed E-state index contributed by atoms with van der Waals surface area (Å²) in [5.74, 6) is 3.08. The Labute approximate surface area is 150 Å². The third kappa shape index (κ3) is 2.77. The van der Waals surface area contributed by atoms with Crippen molar-refractivity contribution in [3.05, 3.63) is 39.9 Å². The van der Waals surface area contributed by atoms with Gasteiger partial charge in [-0.25, -0.2) is 0 Å². The zero-order chi connectivity index (χ0) is 16.5. The van der Waals surface area contributed by atoms with E-state index in [9.17, 15) is 0 Å². The van der Waals surface area contributed by atoms with Crippen LogP contribution < -0.4 is 0 Å². The second-order valence-electron chi connectivity index (χ2n) is 6.47. The summed E-state index contributed by atoms with van der Waals surface area (Å²) in [5, 5.41) is 8.82. The van der Waals surface area contributed by atoms with E-state index in [2.05, 4.69) is 60.7 Å². The molecule has 0 radical (unpaired) electrons. The van der Waals surface area contributed by atoms with Gasteiger partial charge >= 0.3 is 0 Å². The van der Waals surface area contributed by atoms with E-state index in [1.807, 2.05) is 0 Å². The first-order chi connectivity index (χ1) is 11.8. The molecule has 126 valence electrons. The van der Waals surface area contributed by atoms with Crippen molar-refractivity contribution in [2.45, 2.75) is 45.6 Å². The lowest BCUT2D eigenvalue weighted by atomic mass is 10.1. The summed E-state index contributed by atoms with van der Waals surface area (Å²) in [5.41, 5.74) is 2.34. The molecule has 0 saturated carbocycles. The number of hydrogen-bond acceptors (Lipinski definition) is 4. The van der Waals surface area contributed by atoms with Crippen LogP contribution in [0.1, 0.15) is 49.8 Å². The number of hydrogen-bond donors (Lipinski definition) is 0. The Morgan fingerprint density at radius 2 is 1.96 bits per heavy atom. The molecule has 0 unspecified atom stereocenters. The Balaban J connectivity index is 1.85. The summed E-state index contributed by atoms with van der Waals surface area (Å²) >= 11 is 3.63. The second kappa shape index (κ2) is 6.67. The maximum atomic E-state index is 4.94. The Bertz CT molecular complexity index is 774. The van der Waals surface area contributed by atoms with Crippen LogP contribution in [-0.2, 0) is 13.0 Å². The number of likely N-dealkylation sites (tertiary alicyclic amines) is 1. The monoisotopic (exact) mass is 387 g/mol. The first-order valence-electron chi connectivity index (χ1n) is 8.81. The van der Waals surface area contributed by atoms with Gasteiger partial charge in [0.1, 0.15) is 18.2 Å². The van der Waals surface area contributed by atoms with E-state index in [-0.39, 0.29) is 0 Å². The van der Waals surface area contributed by atoms with Crippen LogP contribution in [0.15, 0.2) is 27.7 Å². The lowest BCUT2D eigenvalue weighted by molar-refractivity contribution is 0.342. The number of aryl methyl sites for hydroxylation is 1. The van der Waals surface area contributed by atoms with Gasteiger partial charge in [0, 0.05) is 29.5 Å². The zero-order valence-electron chi connectivity index (χ0n) is 14.0. The Morgan fingerprint density at radius 1 is 1.12 bits per heavy atom. The number of benzene rings is 1. The van der Waals surface area contributed by atoms with Crippen LogP contribution in [0.4, 0.5) is 0 Å². The van der Waals surface area contributed by atoms with E-state index in [1.165, 1.54) is 24.8 Å². The fraction of sp³-hybridized carbons (Fsp3) is 0.500. The Hall–Kier alpha value is -1.69. The molecule has 2 aliphatic heterocycles. The molecule has 0 N–H and O–H groups in total.